The van der Waals surface area contributed by atoms with E-state index in [1.807, 2.05) is 0 Å². The van der Waals surface area contributed by atoms with E-state index in [1.54, 1.807) is 36.9 Å². The Hall–Kier alpha value is -1.83. The Balaban J connectivity index is 2.06. The van der Waals surface area contributed by atoms with Crippen molar-refractivity contribution in [1.29, 1.82) is 0 Å². The fraction of sp³-hybridized carbons (Fsp3) is 0.438. The van der Waals surface area contributed by atoms with Crippen LogP contribution < -0.4 is 5.32 Å². The predicted molar refractivity (Wildman–Crippen MR) is 94.6 cm³/mol. The Kier molecular flexibility index (Phi) is 7.04. The first-order chi connectivity index (χ1) is 11.9. The molecule has 0 spiro atoms. The van der Waals surface area contributed by atoms with E-state index < -0.39 is 6.04 Å². The molecule has 2 amide bonds. The van der Waals surface area contributed by atoms with Crippen LogP contribution in [0.2, 0.25) is 10.0 Å². The number of rotatable bonds is 7. The number of halogens is 2. The molecule has 0 saturated heterocycles. The number of aryl methyl sites for hydroxylation is 1. The summed E-state index contributed by atoms with van der Waals surface area (Å²) in [5, 5.41) is 16.5. The molecule has 9 heteroatoms. The van der Waals surface area contributed by atoms with E-state index in [0.29, 0.717) is 41.3 Å². The van der Waals surface area contributed by atoms with Crippen LogP contribution in [0.25, 0.3) is 0 Å². The highest BCUT2D eigenvalue weighted by molar-refractivity contribution is 6.42. The van der Waals surface area contributed by atoms with E-state index >= 15 is 0 Å². The van der Waals surface area contributed by atoms with Gasteiger partial charge in [0.1, 0.15) is 6.04 Å². The first-order valence-corrected chi connectivity index (χ1v) is 8.56. The monoisotopic (exact) mass is 386 g/mol. The van der Waals surface area contributed by atoms with Crippen molar-refractivity contribution in [3.05, 3.63) is 45.5 Å². The molecule has 0 aliphatic carbocycles. The second-order valence-corrected chi connectivity index (χ2v) is 6.41. The second kappa shape index (κ2) is 9.03. The van der Waals surface area contributed by atoms with Crippen LogP contribution in [0.4, 0.5) is 4.79 Å². The maximum atomic E-state index is 12.6. The average Bonchev–Trinajstić information content (AvgIpc) is 3.01. The van der Waals surface area contributed by atoms with Crippen molar-refractivity contribution in [2.45, 2.75) is 32.9 Å². The number of hydrogen-bond acceptors (Lipinski definition) is 5. The van der Waals surface area contributed by atoms with Gasteiger partial charge in [-0.25, -0.2) is 4.79 Å². The molecular weight excluding hydrogens is 367 g/mol. The van der Waals surface area contributed by atoms with Crippen LogP contribution in [0.15, 0.2) is 22.7 Å². The maximum absolute atomic E-state index is 12.6. The molecule has 2 rings (SSSR count). The quantitative estimate of drug-likeness (QED) is 0.760. The van der Waals surface area contributed by atoms with Crippen molar-refractivity contribution in [2.24, 2.45) is 0 Å². The lowest BCUT2D eigenvalue weighted by Gasteiger charge is -2.24. The van der Waals surface area contributed by atoms with Crippen LogP contribution in [-0.2, 0) is 6.54 Å². The molecule has 0 aliphatic rings. The molecule has 0 radical (unpaired) electrons. The number of amides is 2. The molecule has 1 aromatic heterocycles. The molecule has 136 valence electrons. The molecule has 0 unspecified atom stereocenters. The van der Waals surface area contributed by atoms with E-state index in [-0.39, 0.29) is 12.6 Å². The van der Waals surface area contributed by atoms with Crippen molar-refractivity contribution in [3.8, 4) is 0 Å². The standard InChI is InChI=1S/C16H20Cl2N4O3/c1-10(15-20-11(2)21-25-15)19-16(24)22(6-3-7-23)9-12-4-5-13(17)14(18)8-12/h4-5,8,10,23H,3,6-7,9H2,1-2H3,(H,19,24)/t10-/m0/s1. The SMILES string of the molecule is Cc1noc([C@H](C)NC(=O)N(CCCO)Cc2ccc(Cl)c(Cl)c2)n1. The number of nitrogens with zero attached hydrogens (tertiary/aromatic N) is 3. The highest BCUT2D eigenvalue weighted by Crippen LogP contribution is 2.23. The smallest absolute Gasteiger partial charge is 0.318 e. The molecule has 1 atom stereocenters. The summed E-state index contributed by atoms with van der Waals surface area (Å²) in [6.07, 6.45) is 0.461. The number of hydrogen-bond donors (Lipinski definition) is 2. The van der Waals surface area contributed by atoms with E-state index in [0.717, 1.165) is 5.56 Å². The summed E-state index contributed by atoms with van der Waals surface area (Å²) < 4.78 is 5.07. The van der Waals surface area contributed by atoms with E-state index in [1.165, 1.54) is 0 Å². The third-order valence-corrected chi connectivity index (χ3v) is 4.22. The minimum atomic E-state index is -0.431. The minimum Gasteiger partial charge on any atom is -0.396 e. The van der Waals surface area contributed by atoms with Crippen LogP contribution in [0.1, 0.15) is 36.7 Å². The van der Waals surface area contributed by atoms with Gasteiger partial charge in [-0.05, 0) is 38.0 Å². The highest BCUT2D eigenvalue weighted by atomic mass is 35.5. The Morgan fingerprint density at radius 1 is 1.40 bits per heavy atom. The Bertz CT molecular complexity index is 723. The van der Waals surface area contributed by atoms with Crippen LogP contribution in [0.3, 0.4) is 0 Å². The van der Waals surface area contributed by atoms with Crippen molar-refractivity contribution >= 4 is 29.2 Å². The van der Waals surface area contributed by atoms with E-state index in [9.17, 15) is 4.79 Å². The normalized spacial score (nSPS) is 12.0. The largest absolute Gasteiger partial charge is 0.396 e. The maximum Gasteiger partial charge on any atom is 0.318 e. The molecule has 7 nitrogen and oxygen atoms in total. The zero-order chi connectivity index (χ0) is 18.4. The highest BCUT2D eigenvalue weighted by Gasteiger charge is 2.20. The molecule has 0 saturated carbocycles. The molecule has 2 N–H and O–H groups in total. The fourth-order valence-corrected chi connectivity index (χ4v) is 2.52. The number of carbonyl (C=O) groups excluding carboxylic acids is 1. The number of benzene rings is 1. The summed E-state index contributed by atoms with van der Waals surface area (Å²) in [5.41, 5.74) is 0.837. The number of urea groups is 1. The molecule has 2 aromatic rings. The molecule has 0 aliphatic heterocycles. The Labute approximate surface area is 155 Å². The lowest BCUT2D eigenvalue weighted by molar-refractivity contribution is 0.181. The summed E-state index contributed by atoms with van der Waals surface area (Å²) in [4.78, 5) is 18.3. The van der Waals surface area contributed by atoms with Crippen molar-refractivity contribution in [3.63, 3.8) is 0 Å². The van der Waals surface area contributed by atoms with E-state index in [4.69, 9.17) is 32.8 Å². The number of nitrogens with one attached hydrogen (secondary N) is 1. The predicted octanol–water partition coefficient (Wildman–Crippen LogP) is 3.34. The summed E-state index contributed by atoms with van der Waals surface area (Å²) >= 11 is 12.0. The van der Waals surface area contributed by atoms with Gasteiger partial charge in [0.25, 0.3) is 0 Å². The molecule has 1 heterocycles. The zero-order valence-electron chi connectivity index (χ0n) is 14.0. The minimum absolute atomic E-state index is 0.0104. The lowest BCUT2D eigenvalue weighted by atomic mass is 10.2. The number of aromatic nitrogens is 2. The van der Waals surface area contributed by atoms with Crippen molar-refractivity contribution in [2.75, 3.05) is 13.2 Å². The first-order valence-electron chi connectivity index (χ1n) is 7.81. The third kappa shape index (κ3) is 5.59. The van der Waals surface area contributed by atoms with Gasteiger partial charge in [0, 0.05) is 19.7 Å². The molecule has 25 heavy (non-hydrogen) atoms. The second-order valence-electron chi connectivity index (χ2n) is 5.60. The van der Waals surface area contributed by atoms with Gasteiger partial charge < -0.3 is 19.8 Å². The molecule has 0 fully saturated rings. The number of aliphatic hydroxyl groups excluding tert-OH is 1. The molecule has 1 aromatic carbocycles. The summed E-state index contributed by atoms with van der Waals surface area (Å²) in [7, 11) is 0. The summed E-state index contributed by atoms with van der Waals surface area (Å²) in [5.74, 6) is 0.839. The van der Waals surface area contributed by atoms with E-state index in [2.05, 4.69) is 15.5 Å². The van der Waals surface area contributed by atoms with Gasteiger partial charge in [-0.1, -0.05) is 34.4 Å². The third-order valence-electron chi connectivity index (χ3n) is 3.48. The van der Waals surface area contributed by atoms with Gasteiger partial charge in [0.05, 0.1) is 10.0 Å². The first kappa shape index (κ1) is 19.5. The fourth-order valence-electron chi connectivity index (χ4n) is 2.20. The van der Waals surface area contributed by atoms with Gasteiger partial charge >= 0.3 is 6.03 Å². The summed E-state index contributed by atoms with van der Waals surface area (Å²) in [6.45, 7) is 4.17. The van der Waals surface area contributed by atoms with Gasteiger partial charge in [0.15, 0.2) is 5.82 Å². The summed E-state index contributed by atoms with van der Waals surface area (Å²) in [6, 6.07) is 4.47. The number of aliphatic hydroxyl groups is 1. The average molecular weight is 387 g/mol. The van der Waals surface area contributed by atoms with Crippen LogP contribution in [-0.4, -0.2) is 39.3 Å². The lowest BCUT2D eigenvalue weighted by Crippen LogP contribution is -2.41. The number of carbonyl (C=O) groups is 1. The van der Waals surface area contributed by atoms with Crippen LogP contribution in [0, 0.1) is 6.92 Å². The van der Waals surface area contributed by atoms with Gasteiger partial charge in [-0.15, -0.1) is 0 Å². The van der Waals surface area contributed by atoms with Gasteiger partial charge in [-0.2, -0.15) is 4.98 Å². The van der Waals surface area contributed by atoms with Gasteiger partial charge in [-0.3, -0.25) is 0 Å². The Morgan fingerprint density at radius 2 is 2.16 bits per heavy atom. The van der Waals surface area contributed by atoms with Crippen LogP contribution in [0.5, 0.6) is 0 Å². The van der Waals surface area contributed by atoms with Crippen LogP contribution >= 0.6 is 23.2 Å². The zero-order valence-corrected chi connectivity index (χ0v) is 15.5. The Morgan fingerprint density at radius 3 is 2.76 bits per heavy atom. The van der Waals surface area contributed by atoms with Gasteiger partial charge in [0.2, 0.25) is 5.89 Å². The van der Waals surface area contributed by atoms with Crippen molar-refractivity contribution < 1.29 is 14.4 Å². The van der Waals surface area contributed by atoms with Crippen molar-refractivity contribution in [1.82, 2.24) is 20.4 Å². The topological polar surface area (TPSA) is 91.5 Å². The molecule has 0 bridgehead atoms. The molecular formula is C16H20Cl2N4O3.